The first-order chi connectivity index (χ1) is 9.13. The first-order valence-electron chi connectivity index (χ1n) is 5.99. The van der Waals surface area contributed by atoms with Crippen molar-refractivity contribution in [3.63, 3.8) is 0 Å². The van der Waals surface area contributed by atoms with Crippen LogP contribution >= 0.6 is 0 Å². The Morgan fingerprint density at radius 2 is 2.00 bits per heavy atom. The minimum atomic E-state index is 0.653. The molecule has 1 aromatic heterocycles. The van der Waals surface area contributed by atoms with Crippen LogP contribution in [0.3, 0.4) is 0 Å². The summed E-state index contributed by atoms with van der Waals surface area (Å²) in [4.78, 5) is 2.05. The van der Waals surface area contributed by atoms with E-state index in [2.05, 4.69) is 10.1 Å². The van der Waals surface area contributed by atoms with E-state index in [1.165, 1.54) is 0 Å². The van der Waals surface area contributed by atoms with Gasteiger partial charge in [0.15, 0.2) is 0 Å². The number of methoxy groups -OCH3 is 2. The van der Waals surface area contributed by atoms with Gasteiger partial charge in [-0.3, -0.25) is 0 Å². The molecule has 0 saturated heterocycles. The maximum absolute atomic E-state index is 5.39. The van der Waals surface area contributed by atoms with Gasteiger partial charge in [-0.25, -0.2) is 0 Å². The summed E-state index contributed by atoms with van der Waals surface area (Å²) in [5, 5.41) is 3.99. The third-order valence-corrected chi connectivity index (χ3v) is 2.87. The molecule has 0 bridgehead atoms. The second kappa shape index (κ2) is 5.65. The van der Waals surface area contributed by atoms with Gasteiger partial charge in [-0.2, -0.15) is 0 Å². The van der Waals surface area contributed by atoms with E-state index in [1.54, 1.807) is 14.2 Å². The first-order valence-corrected chi connectivity index (χ1v) is 5.99. The molecule has 0 unspecified atom stereocenters. The number of nitrogens with zero attached hydrogens (tertiary/aromatic N) is 2. The number of aromatic nitrogens is 1. The summed E-state index contributed by atoms with van der Waals surface area (Å²) in [7, 11) is 5.26. The fourth-order valence-corrected chi connectivity index (χ4v) is 1.92. The molecule has 0 aliphatic carbocycles. The zero-order valence-electron chi connectivity index (χ0n) is 11.6. The molecule has 19 heavy (non-hydrogen) atoms. The van der Waals surface area contributed by atoms with Crippen LogP contribution in [0.25, 0.3) is 0 Å². The van der Waals surface area contributed by atoms with E-state index < -0.39 is 0 Å². The van der Waals surface area contributed by atoms with Gasteiger partial charge in [0.2, 0.25) is 0 Å². The number of ether oxygens (including phenoxy) is 2. The van der Waals surface area contributed by atoms with Crippen molar-refractivity contribution in [2.45, 2.75) is 13.5 Å². The van der Waals surface area contributed by atoms with Crippen LogP contribution in [-0.4, -0.2) is 26.4 Å². The first kappa shape index (κ1) is 13.3. The Labute approximate surface area is 112 Å². The van der Waals surface area contributed by atoms with Gasteiger partial charge in [0.1, 0.15) is 23.0 Å². The molecule has 5 nitrogen and oxygen atoms in total. The maximum Gasteiger partial charge on any atom is 0.145 e. The van der Waals surface area contributed by atoms with Gasteiger partial charge in [-0.15, -0.1) is 0 Å². The van der Waals surface area contributed by atoms with Crippen molar-refractivity contribution in [2.75, 3.05) is 26.2 Å². The predicted molar refractivity (Wildman–Crippen MR) is 72.9 cm³/mol. The lowest BCUT2D eigenvalue weighted by molar-refractivity contribution is 0.388. The van der Waals surface area contributed by atoms with Crippen LogP contribution in [0.15, 0.2) is 28.8 Å². The number of rotatable bonds is 5. The van der Waals surface area contributed by atoms with E-state index in [9.17, 15) is 0 Å². The van der Waals surface area contributed by atoms with Crippen LogP contribution in [0.1, 0.15) is 11.5 Å². The van der Waals surface area contributed by atoms with E-state index in [-0.39, 0.29) is 0 Å². The normalized spacial score (nSPS) is 10.3. The largest absolute Gasteiger partial charge is 0.497 e. The zero-order valence-corrected chi connectivity index (χ0v) is 11.6. The number of hydrogen-bond donors (Lipinski definition) is 0. The fourth-order valence-electron chi connectivity index (χ4n) is 1.92. The van der Waals surface area contributed by atoms with Gasteiger partial charge in [0.05, 0.1) is 26.5 Å². The van der Waals surface area contributed by atoms with Crippen molar-refractivity contribution in [2.24, 2.45) is 0 Å². The number of benzene rings is 1. The van der Waals surface area contributed by atoms with Crippen LogP contribution in [-0.2, 0) is 6.54 Å². The maximum atomic E-state index is 5.39. The monoisotopic (exact) mass is 262 g/mol. The highest BCUT2D eigenvalue weighted by Gasteiger charge is 2.11. The lowest BCUT2D eigenvalue weighted by Crippen LogP contribution is -2.17. The summed E-state index contributed by atoms with van der Waals surface area (Å²) < 4.78 is 15.6. The highest BCUT2D eigenvalue weighted by atomic mass is 16.5. The Bertz CT molecular complexity index is 551. The highest BCUT2D eigenvalue weighted by Crippen LogP contribution is 2.32. The average molecular weight is 262 g/mol. The molecule has 0 N–H and O–H groups in total. The van der Waals surface area contributed by atoms with Gasteiger partial charge >= 0.3 is 0 Å². The molecule has 0 aliphatic heterocycles. The SMILES string of the molecule is COc1ccc(N(C)Cc2cc(C)on2)c(OC)c1. The molecule has 0 radical (unpaired) electrons. The van der Waals surface area contributed by atoms with Crippen LogP contribution in [0.5, 0.6) is 11.5 Å². The van der Waals surface area contributed by atoms with Crippen molar-refractivity contribution in [3.05, 3.63) is 35.7 Å². The Balaban J connectivity index is 2.20. The third kappa shape index (κ3) is 2.99. The second-order valence-corrected chi connectivity index (χ2v) is 4.32. The molecular weight excluding hydrogens is 244 g/mol. The topological polar surface area (TPSA) is 47.7 Å². The molecule has 2 aromatic rings. The summed E-state index contributed by atoms with van der Waals surface area (Å²) in [6, 6.07) is 7.65. The predicted octanol–water partition coefficient (Wildman–Crippen LogP) is 2.64. The zero-order chi connectivity index (χ0) is 13.8. The Morgan fingerprint density at radius 1 is 1.21 bits per heavy atom. The average Bonchev–Trinajstić information content (AvgIpc) is 2.83. The molecule has 0 amide bonds. The molecule has 0 aliphatic rings. The molecule has 1 aromatic carbocycles. The number of hydrogen-bond acceptors (Lipinski definition) is 5. The van der Waals surface area contributed by atoms with Crippen molar-refractivity contribution in [1.29, 1.82) is 0 Å². The highest BCUT2D eigenvalue weighted by molar-refractivity contribution is 5.60. The van der Waals surface area contributed by atoms with Crippen LogP contribution in [0.4, 0.5) is 5.69 Å². The van der Waals surface area contributed by atoms with Crippen molar-refractivity contribution >= 4 is 5.69 Å². The van der Waals surface area contributed by atoms with Crippen LogP contribution in [0.2, 0.25) is 0 Å². The lowest BCUT2D eigenvalue weighted by Gasteiger charge is -2.21. The molecule has 102 valence electrons. The number of aryl methyl sites for hydroxylation is 1. The standard InChI is InChI=1S/C14H18N2O3/c1-10-7-11(15-19-10)9-16(2)13-6-5-12(17-3)8-14(13)18-4/h5-8H,9H2,1-4H3. The molecule has 0 spiro atoms. The van der Waals surface area contributed by atoms with E-state index in [0.29, 0.717) is 6.54 Å². The second-order valence-electron chi connectivity index (χ2n) is 4.32. The van der Waals surface area contributed by atoms with E-state index in [4.69, 9.17) is 14.0 Å². The summed E-state index contributed by atoms with van der Waals surface area (Å²) >= 11 is 0. The Hall–Kier alpha value is -2.17. The Kier molecular flexibility index (Phi) is 3.94. The quantitative estimate of drug-likeness (QED) is 0.829. The van der Waals surface area contributed by atoms with Gasteiger partial charge < -0.3 is 18.9 Å². The fraction of sp³-hybridized carbons (Fsp3) is 0.357. The lowest BCUT2D eigenvalue weighted by atomic mass is 10.2. The van der Waals surface area contributed by atoms with Crippen LogP contribution in [0, 0.1) is 6.92 Å². The summed E-state index contributed by atoms with van der Waals surface area (Å²) in [6.45, 7) is 2.53. The Morgan fingerprint density at radius 3 is 2.58 bits per heavy atom. The molecule has 1 heterocycles. The van der Waals surface area contributed by atoms with Crippen LogP contribution < -0.4 is 14.4 Å². The summed E-state index contributed by atoms with van der Waals surface area (Å²) in [5.41, 5.74) is 1.86. The van der Waals surface area contributed by atoms with Crippen molar-refractivity contribution < 1.29 is 14.0 Å². The molecule has 5 heteroatoms. The smallest absolute Gasteiger partial charge is 0.145 e. The minimum Gasteiger partial charge on any atom is -0.497 e. The summed E-state index contributed by atoms with van der Waals surface area (Å²) in [6.07, 6.45) is 0. The van der Waals surface area contributed by atoms with E-state index in [1.807, 2.05) is 38.2 Å². The van der Waals surface area contributed by atoms with Gasteiger partial charge in [-0.1, -0.05) is 5.16 Å². The van der Waals surface area contributed by atoms with E-state index in [0.717, 1.165) is 28.6 Å². The third-order valence-electron chi connectivity index (χ3n) is 2.87. The number of anilines is 1. The molecule has 0 fully saturated rings. The molecule has 0 saturated carbocycles. The van der Waals surface area contributed by atoms with Crippen molar-refractivity contribution in [3.8, 4) is 11.5 Å². The van der Waals surface area contributed by atoms with Gasteiger partial charge in [-0.05, 0) is 19.1 Å². The molecule has 2 rings (SSSR count). The molecular formula is C14H18N2O3. The van der Waals surface area contributed by atoms with Gasteiger partial charge in [0, 0.05) is 19.2 Å². The molecule has 0 atom stereocenters. The van der Waals surface area contributed by atoms with E-state index >= 15 is 0 Å². The minimum absolute atomic E-state index is 0.653. The van der Waals surface area contributed by atoms with Crippen molar-refractivity contribution in [1.82, 2.24) is 5.16 Å². The summed E-state index contributed by atoms with van der Waals surface area (Å²) in [5.74, 6) is 2.35. The van der Waals surface area contributed by atoms with Gasteiger partial charge in [0.25, 0.3) is 0 Å².